The third kappa shape index (κ3) is 3.39. The molecule has 0 atom stereocenters. The van der Waals surface area contributed by atoms with Gasteiger partial charge in [0.05, 0.1) is 19.9 Å². The summed E-state index contributed by atoms with van der Waals surface area (Å²) in [5, 5.41) is 0. The van der Waals surface area contributed by atoms with Gasteiger partial charge in [-0.2, -0.15) is 13.2 Å². The highest BCUT2D eigenvalue weighted by Gasteiger charge is 2.45. The van der Waals surface area contributed by atoms with Crippen LogP contribution in [0.2, 0.25) is 0 Å². The van der Waals surface area contributed by atoms with Gasteiger partial charge in [0.1, 0.15) is 0 Å². The van der Waals surface area contributed by atoms with Gasteiger partial charge in [-0.3, -0.25) is 4.79 Å². The van der Waals surface area contributed by atoms with E-state index < -0.39 is 12.1 Å². The minimum atomic E-state index is -4.89. The van der Waals surface area contributed by atoms with E-state index in [0.717, 1.165) is 35.3 Å². The summed E-state index contributed by atoms with van der Waals surface area (Å²) in [4.78, 5) is 13.0. The molecular formula is C19H22F3NO3. The molecule has 1 aromatic carbocycles. The number of amides is 1. The van der Waals surface area contributed by atoms with E-state index >= 15 is 0 Å². The maximum atomic E-state index is 13.2. The molecule has 0 N–H and O–H groups in total. The van der Waals surface area contributed by atoms with Crippen LogP contribution in [0.15, 0.2) is 17.7 Å². The molecule has 0 aromatic heterocycles. The highest BCUT2D eigenvalue weighted by atomic mass is 19.4. The average molecular weight is 369 g/mol. The van der Waals surface area contributed by atoms with Crippen LogP contribution < -0.4 is 9.47 Å². The van der Waals surface area contributed by atoms with E-state index in [1.165, 1.54) is 14.2 Å². The summed E-state index contributed by atoms with van der Waals surface area (Å²) in [6.45, 7) is 0.0136. The van der Waals surface area contributed by atoms with E-state index in [0.29, 0.717) is 42.0 Å². The molecule has 7 heteroatoms. The number of fused-ring (bicyclic) bond motifs is 1. The van der Waals surface area contributed by atoms with Gasteiger partial charge in [0.25, 0.3) is 0 Å². The monoisotopic (exact) mass is 369 g/mol. The first kappa shape index (κ1) is 18.6. The number of rotatable bonds is 2. The molecule has 3 rings (SSSR count). The number of alkyl halides is 3. The van der Waals surface area contributed by atoms with Crippen LogP contribution in [0.1, 0.15) is 43.2 Å². The van der Waals surface area contributed by atoms with Crippen molar-refractivity contribution in [2.24, 2.45) is 0 Å². The minimum Gasteiger partial charge on any atom is -0.493 e. The Morgan fingerprint density at radius 3 is 2.19 bits per heavy atom. The summed E-state index contributed by atoms with van der Waals surface area (Å²) >= 11 is 0. The lowest BCUT2D eigenvalue weighted by Gasteiger charge is -2.35. The molecule has 1 aromatic rings. The summed E-state index contributed by atoms with van der Waals surface area (Å²) < 4.78 is 50.1. The molecule has 1 amide bonds. The Morgan fingerprint density at radius 2 is 1.62 bits per heavy atom. The maximum Gasteiger partial charge on any atom is 0.471 e. The third-order valence-electron chi connectivity index (χ3n) is 5.02. The summed E-state index contributed by atoms with van der Waals surface area (Å²) in [5.41, 5.74) is 2.85. The van der Waals surface area contributed by atoms with Gasteiger partial charge in [-0.05, 0) is 55.4 Å². The Kier molecular flexibility index (Phi) is 5.16. The van der Waals surface area contributed by atoms with Crippen molar-refractivity contribution in [2.75, 3.05) is 20.8 Å². The number of benzene rings is 1. The van der Waals surface area contributed by atoms with E-state index in [9.17, 15) is 18.0 Å². The SMILES string of the molecule is COc1cc2c(cc1OC)C(=C1CCCCC1)N(C(=O)C(F)(F)F)CC2. The number of nitrogens with zero attached hydrogens (tertiary/aromatic N) is 1. The molecule has 1 aliphatic carbocycles. The highest BCUT2D eigenvalue weighted by molar-refractivity contribution is 5.93. The number of hydrogen-bond donors (Lipinski definition) is 0. The second kappa shape index (κ2) is 7.21. The fourth-order valence-corrected chi connectivity index (χ4v) is 3.79. The Hall–Kier alpha value is -2.18. The van der Waals surface area contributed by atoms with Crippen LogP contribution in [0, 0.1) is 0 Å². The van der Waals surface area contributed by atoms with Crippen molar-refractivity contribution in [3.8, 4) is 11.5 Å². The van der Waals surface area contributed by atoms with Crippen molar-refractivity contribution < 1.29 is 27.4 Å². The lowest BCUT2D eigenvalue weighted by atomic mass is 9.86. The number of hydrogen-bond acceptors (Lipinski definition) is 3. The first-order valence-corrected chi connectivity index (χ1v) is 8.72. The van der Waals surface area contributed by atoms with E-state index in [1.54, 1.807) is 12.1 Å². The van der Waals surface area contributed by atoms with Crippen LogP contribution >= 0.6 is 0 Å². The van der Waals surface area contributed by atoms with Crippen molar-refractivity contribution in [1.82, 2.24) is 4.90 Å². The first-order chi connectivity index (χ1) is 12.4. The van der Waals surface area contributed by atoms with Gasteiger partial charge in [0.2, 0.25) is 0 Å². The lowest BCUT2D eigenvalue weighted by molar-refractivity contribution is -0.182. The molecule has 1 heterocycles. The fourth-order valence-electron chi connectivity index (χ4n) is 3.79. The van der Waals surface area contributed by atoms with Crippen molar-refractivity contribution in [3.05, 3.63) is 28.8 Å². The van der Waals surface area contributed by atoms with Gasteiger partial charge in [-0.15, -0.1) is 0 Å². The van der Waals surface area contributed by atoms with Gasteiger partial charge < -0.3 is 14.4 Å². The van der Waals surface area contributed by atoms with Crippen molar-refractivity contribution in [3.63, 3.8) is 0 Å². The fraction of sp³-hybridized carbons (Fsp3) is 0.526. The van der Waals surface area contributed by atoms with Crippen LogP contribution in [-0.4, -0.2) is 37.7 Å². The van der Waals surface area contributed by atoms with Crippen molar-refractivity contribution in [1.29, 1.82) is 0 Å². The minimum absolute atomic E-state index is 0.0136. The molecule has 4 nitrogen and oxygen atoms in total. The van der Waals surface area contributed by atoms with E-state index in [4.69, 9.17) is 9.47 Å². The van der Waals surface area contributed by atoms with Crippen molar-refractivity contribution >= 4 is 11.6 Å². The van der Waals surface area contributed by atoms with Crippen LogP contribution in [0.4, 0.5) is 13.2 Å². The van der Waals surface area contributed by atoms with Gasteiger partial charge >= 0.3 is 12.1 Å². The zero-order valence-corrected chi connectivity index (χ0v) is 14.9. The first-order valence-electron chi connectivity index (χ1n) is 8.72. The van der Waals surface area contributed by atoms with Gasteiger partial charge in [-0.25, -0.2) is 0 Å². The van der Waals surface area contributed by atoms with Gasteiger partial charge in [0.15, 0.2) is 11.5 Å². The number of ether oxygens (including phenoxy) is 2. The predicted octanol–water partition coefficient (Wildman–Crippen LogP) is 4.33. The van der Waals surface area contributed by atoms with Crippen LogP contribution in [0.3, 0.4) is 0 Å². The van der Waals surface area contributed by atoms with Gasteiger partial charge in [-0.1, -0.05) is 6.42 Å². The number of carbonyl (C=O) groups excluding carboxylic acids is 1. The van der Waals surface area contributed by atoms with Gasteiger partial charge in [0, 0.05) is 12.1 Å². The smallest absolute Gasteiger partial charge is 0.471 e. The Bertz CT molecular complexity index is 732. The molecule has 142 valence electrons. The summed E-state index contributed by atoms with van der Waals surface area (Å²) in [6, 6.07) is 3.49. The van der Waals surface area contributed by atoms with Crippen LogP contribution in [0.5, 0.6) is 11.5 Å². The molecule has 1 aliphatic heterocycles. The number of halogens is 3. The van der Waals surface area contributed by atoms with Crippen LogP contribution in [-0.2, 0) is 11.2 Å². The van der Waals surface area contributed by atoms with Crippen LogP contribution in [0.25, 0.3) is 5.70 Å². The molecular weight excluding hydrogens is 347 g/mol. The largest absolute Gasteiger partial charge is 0.493 e. The Balaban J connectivity index is 2.16. The second-order valence-electron chi connectivity index (χ2n) is 6.58. The summed E-state index contributed by atoms with van der Waals surface area (Å²) in [7, 11) is 3.01. The average Bonchev–Trinajstić information content (AvgIpc) is 2.65. The molecule has 2 aliphatic rings. The quantitative estimate of drug-likeness (QED) is 0.779. The number of allylic oxidation sites excluding steroid dienone is 1. The molecule has 0 saturated heterocycles. The summed E-state index contributed by atoms with van der Waals surface area (Å²) in [5.74, 6) is -0.817. The zero-order valence-electron chi connectivity index (χ0n) is 14.9. The Morgan fingerprint density at radius 1 is 1.00 bits per heavy atom. The molecule has 0 radical (unpaired) electrons. The second-order valence-corrected chi connectivity index (χ2v) is 6.58. The molecule has 26 heavy (non-hydrogen) atoms. The number of carbonyl (C=O) groups is 1. The van der Waals surface area contributed by atoms with E-state index in [1.807, 2.05) is 0 Å². The zero-order chi connectivity index (χ0) is 18.9. The standard InChI is InChI=1S/C19H22F3NO3/c1-25-15-10-13-8-9-23(18(24)19(20,21)22)17(12-6-4-3-5-7-12)14(13)11-16(15)26-2/h10-11H,3-9H2,1-2H3. The normalized spacial score (nSPS) is 17.8. The van der Waals surface area contributed by atoms with Crippen molar-refractivity contribution in [2.45, 2.75) is 44.7 Å². The molecule has 0 unspecified atom stereocenters. The third-order valence-corrected chi connectivity index (χ3v) is 5.02. The van der Waals surface area contributed by atoms with E-state index in [2.05, 4.69) is 0 Å². The molecule has 0 bridgehead atoms. The topological polar surface area (TPSA) is 38.8 Å². The number of methoxy groups -OCH3 is 2. The molecule has 0 spiro atoms. The Labute approximate surface area is 150 Å². The highest BCUT2D eigenvalue weighted by Crippen LogP contribution is 2.42. The summed E-state index contributed by atoms with van der Waals surface area (Å²) in [6.07, 6.45) is -0.216. The molecule has 1 saturated carbocycles. The van der Waals surface area contributed by atoms with E-state index in [-0.39, 0.29) is 6.54 Å². The lowest BCUT2D eigenvalue weighted by Crippen LogP contribution is -2.43. The maximum absolute atomic E-state index is 13.2. The predicted molar refractivity (Wildman–Crippen MR) is 91.0 cm³/mol. The molecule has 1 fully saturated rings.